The first-order valence-corrected chi connectivity index (χ1v) is 19.9. The first kappa shape index (κ1) is 33.5. The minimum absolute atomic E-state index is 0.0532. The van der Waals surface area contributed by atoms with E-state index in [1.165, 1.54) is 75.5 Å². The molecule has 11 atom stereocenters. The molecule has 264 valence electrons. The van der Waals surface area contributed by atoms with Crippen LogP contribution < -0.4 is 5.32 Å². The lowest BCUT2D eigenvalue weighted by molar-refractivity contribution is -0.221. The molecule has 2 heterocycles. The third kappa shape index (κ3) is 4.68. The van der Waals surface area contributed by atoms with Crippen molar-refractivity contribution in [2.24, 2.45) is 57.2 Å². The minimum atomic E-state index is -0.848. The second-order valence-corrected chi connectivity index (χ2v) is 19.5. The number of likely N-dealkylation sites (tertiary alicyclic amines) is 1. The molecule has 8 rings (SSSR count). The van der Waals surface area contributed by atoms with Crippen LogP contribution in [0.5, 0.6) is 0 Å². The fourth-order valence-electron chi connectivity index (χ4n) is 14.8. The Hall–Kier alpha value is -1.69. The molecule has 48 heavy (non-hydrogen) atoms. The Kier molecular flexibility index (Phi) is 7.95. The molecular weight excluding hydrogens is 592 g/mol. The quantitative estimate of drug-likeness (QED) is 0.307. The van der Waals surface area contributed by atoms with Crippen LogP contribution in [0.25, 0.3) is 5.57 Å². The molecule has 0 spiro atoms. The van der Waals surface area contributed by atoms with E-state index >= 15 is 0 Å². The fourth-order valence-corrected chi connectivity index (χ4v) is 14.8. The number of rotatable bonds is 7. The van der Waals surface area contributed by atoms with E-state index in [9.17, 15) is 9.90 Å². The van der Waals surface area contributed by atoms with E-state index in [0.29, 0.717) is 40.0 Å². The molecule has 1 aromatic rings. The van der Waals surface area contributed by atoms with E-state index in [1.807, 2.05) is 0 Å². The van der Waals surface area contributed by atoms with E-state index < -0.39 is 5.97 Å². The van der Waals surface area contributed by atoms with E-state index in [0.717, 1.165) is 55.7 Å². The van der Waals surface area contributed by atoms with Crippen molar-refractivity contribution >= 4 is 11.5 Å². The second-order valence-electron chi connectivity index (χ2n) is 19.5. The summed E-state index contributed by atoms with van der Waals surface area (Å²) >= 11 is 0. The van der Waals surface area contributed by atoms with E-state index in [-0.39, 0.29) is 10.8 Å². The highest BCUT2D eigenvalue weighted by Gasteiger charge is 2.70. The Labute approximate surface area is 291 Å². The molecule has 2 bridgehead atoms. The lowest BCUT2D eigenvalue weighted by Gasteiger charge is -2.72. The van der Waals surface area contributed by atoms with Gasteiger partial charge in [0.15, 0.2) is 0 Å². The number of hydrogen-bond donors (Lipinski definition) is 2. The van der Waals surface area contributed by atoms with Gasteiger partial charge in [-0.05, 0) is 145 Å². The molecule has 0 amide bonds. The van der Waals surface area contributed by atoms with Gasteiger partial charge in [0.1, 0.15) is 0 Å². The molecule has 7 aliphatic rings. The van der Waals surface area contributed by atoms with Gasteiger partial charge in [0, 0.05) is 31.2 Å². The number of allylic oxidation sites excluding steroid dienone is 2. The number of carboxylic acids is 1. The van der Waals surface area contributed by atoms with Gasteiger partial charge in [-0.3, -0.25) is 4.90 Å². The van der Waals surface area contributed by atoms with Gasteiger partial charge in [-0.25, -0.2) is 4.79 Å². The van der Waals surface area contributed by atoms with Crippen LogP contribution in [0.15, 0.2) is 30.3 Å². The van der Waals surface area contributed by atoms with Crippen LogP contribution in [0.3, 0.4) is 0 Å². The highest BCUT2D eigenvalue weighted by Crippen LogP contribution is 2.76. The Balaban J connectivity index is 1.06. The average molecular weight is 657 g/mol. The number of nitrogens with one attached hydrogen (secondary N) is 1. The van der Waals surface area contributed by atoms with E-state index in [1.54, 1.807) is 12.1 Å². The van der Waals surface area contributed by atoms with Gasteiger partial charge in [0.25, 0.3) is 0 Å². The van der Waals surface area contributed by atoms with Gasteiger partial charge in [0.2, 0.25) is 0 Å². The van der Waals surface area contributed by atoms with Crippen molar-refractivity contribution in [1.29, 1.82) is 0 Å². The smallest absolute Gasteiger partial charge is 0.335 e. The summed E-state index contributed by atoms with van der Waals surface area (Å²) in [6.45, 7) is 22.7. The number of morpholine rings is 1. The van der Waals surface area contributed by atoms with Gasteiger partial charge >= 0.3 is 5.97 Å². The zero-order valence-corrected chi connectivity index (χ0v) is 31.1. The molecule has 1 aromatic carbocycles. The highest BCUT2D eigenvalue weighted by atomic mass is 16.5. The summed E-state index contributed by atoms with van der Waals surface area (Å²) in [5.74, 6) is 3.70. The number of nitrogens with zero attached hydrogens (tertiary/aromatic N) is 1. The predicted molar refractivity (Wildman–Crippen MR) is 194 cm³/mol. The fraction of sp³-hybridized carbons (Fsp3) is 0.791. The van der Waals surface area contributed by atoms with Crippen LogP contribution >= 0.6 is 0 Å². The lowest BCUT2D eigenvalue weighted by atomic mass is 9.33. The molecule has 0 aromatic heterocycles. The maximum atomic E-state index is 11.6. The molecule has 6 fully saturated rings. The Bertz CT molecular complexity index is 1450. The van der Waals surface area contributed by atoms with Gasteiger partial charge in [-0.1, -0.05) is 66.7 Å². The van der Waals surface area contributed by atoms with Crippen LogP contribution in [0, 0.1) is 57.2 Å². The van der Waals surface area contributed by atoms with Crippen LogP contribution in [0.4, 0.5) is 0 Å². The SMILES string of the molecule is CC(C)[C@@H]1CC[C@]2(NCCN3CC4CC3CO4)CC[C@]3(C)[C@H](CCC4[C@@]5(C)CC=C(c6ccc(C(=O)O)cc6)C(C)(C)C5CC[C@]43C)C12. The Morgan fingerprint density at radius 3 is 2.40 bits per heavy atom. The Morgan fingerprint density at radius 2 is 1.73 bits per heavy atom. The summed E-state index contributed by atoms with van der Waals surface area (Å²) in [4.78, 5) is 14.3. The number of carbonyl (C=O) groups is 1. The van der Waals surface area contributed by atoms with Crippen LogP contribution in [0.1, 0.15) is 129 Å². The van der Waals surface area contributed by atoms with Crippen molar-refractivity contribution in [3.63, 3.8) is 0 Å². The van der Waals surface area contributed by atoms with E-state index in [2.05, 4.69) is 76.9 Å². The molecule has 5 heteroatoms. The lowest BCUT2D eigenvalue weighted by Crippen LogP contribution is -2.68. The summed E-state index contributed by atoms with van der Waals surface area (Å²) in [7, 11) is 0. The molecule has 5 nitrogen and oxygen atoms in total. The number of carboxylic acid groups (broad SMARTS) is 1. The number of fused-ring (bicyclic) bond motifs is 9. The highest BCUT2D eigenvalue weighted by molar-refractivity contribution is 5.88. The zero-order chi connectivity index (χ0) is 33.9. The standard InChI is InChI=1S/C43H64N2O3/c1-27(2)32-14-19-43(44-22-23-45-25-31-24-30(45)26-48-31)21-20-41(6)34(37(32)43)12-13-36-40(5)17-15-33(28-8-10-29(11-9-28)38(46)47)39(3,4)35(40)16-18-42(36,41)7/h8-11,15,27,30-32,34-37,44H,12-14,16-26H2,1-7H3,(H,46,47)/t30?,31?,32-,34+,35?,36?,37?,40-,41+,42+,43-/m0/s1. The molecule has 2 aliphatic heterocycles. The summed E-state index contributed by atoms with van der Waals surface area (Å²) < 4.78 is 5.91. The third-order valence-corrected chi connectivity index (χ3v) is 17.3. The molecule has 5 unspecified atom stereocenters. The first-order valence-electron chi connectivity index (χ1n) is 19.9. The van der Waals surface area contributed by atoms with Crippen molar-refractivity contribution in [3.8, 4) is 0 Å². The molecule has 5 aliphatic carbocycles. The number of hydrogen-bond acceptors (Lipinski definition) is 4. The molecule has 4 saturated carbocycles. The third-order valence-electron chi connectivity index (χ3n) is 17.3. The molecule has 2 saturated heterocycles. The monoisotopic (exact) mass is 656 g/mol. The van der Waals surface area contributed by atoms with Crippen LogP contribution in [0.2, 0.25) is 0 Å². The second kappa shape index (κ2) is 11.4. The van der Waals surface area contributed by atoms with Crippen molar-refractivity contribution in [1.82, 2.24) is 10.2 Å². The summed E-state index contributed by atoms with van der Waals surface area (Å²) in [6.07, 6.45) is 16.4. The number of aromatic carboxylic acids is 1. The van der Waals surface area contributed by atoms with Crippen molar-refractivity contribution in [2.75, 3.05) is 26.2 Å². The number of benzene rings is 1. The summed E-state index contributed by atoms with van der Waals surface area (Å²) in [5.41, 5.74) is 4.40. The number of ether oxygens (including phenoxy) is 1. The van der Waals surface area contributed by atoms with Gasteiger partial charge in [-0.15, -0.1) is 0 Å². The largest absolute Gasteiger partial charge is 0.478 e. The summed E-state index contributed by atoms with van der Waals surface area (Å²) in [5, 5.41) is 13.9. The summed E-state index contributed by atoms with van der Waals surface area (Å²) in [6, 6.07) is 8.35. The predicted octanol–water partition coefficient (Wildman–Crippen LogP) is 8.93. The molecule has 2 N–H and O–H groups in total. The maximum absolute atomic E-state index is 11.6. The minimum Gasteiger partial charge on any atom is -0.478 e. The van der Waals surface area contributed by atoms with Gasteiger partial charge in [0.05, 0.1) is 18.3 Å². The zero-order valence-electron chi connectivity index (χ0n) is 31.1. The van der Waals surface area contributed by atoms with Crippen molar-refractivity contribution < 1.29 is 14.6 Å². The Morgan fingerprint density at radius 1 is 0.958 bits per heavy atom. The average Bonchev–Trinajstić information content (AvgIpc) is 3.76. The van der Waals surface area contributed by atoms with Crippen LogP contribution in [-0.4, -0.2) is 59.9 Å². The van der Waals surface area contributed by atoms with E-state index in [4.69, 9.17) is 4.74 Å². The first-order chi connectivity index (χ1) is 22.7. The van der Waals surface area contributed by atoms with Crippen molar-refractivity contribution in [3.05, 3.63) is 41.5 Å². The normalized spacial score (nSPS) is 46.1. The molecular formula is C43H64N2O3. The maximum Gasteiger partial charge on any atom is 0.335 e. The topological polar surface area (TPSA) is 61.8 Å². The van der Waals surface area contributed by atoms with Gasteiger partial charge in [-0.2, -0.15) is 0 Å². The van der Waals surface area contributed by atoms with Gasteiger partial charge < -0.3 is 15.2 Å². The van der Waals surface area contributed by atoms with Crippen LogP contribution in [-0.2, 0) is 4.74 Å². The van der Waals surface area contributed by atoms with Crippen molar-refractivity contribution in [2.45, 2.75) is 130 Å². The molecule has 0 radical (unpaired) electrons.